The van der Waals surface area contributed by atoms with Gasteiger partial charge in [-0.3, -0.25) is 0 Å². The van der Waals surface area contributed by atoms with Crippen LogP contribution in [0.5, 0.6) is 0 Å². The lowest BCUT2D eigenvalue weighted by Crippen LogP contribution is -2.33. The van der Waals surface area contributed by atoms with Gasteiger partial charge in [-0.15, -0.1) is 0 Å². The average molecular weight is 261 g/mol. The second kappa shape index (κ2) is 6.10. The zero-order chi connectivity index (χ0) is 13.7. The topological polar surface area (TPSA) is 99.7 Å². The number of nitrogens with zero attached hydrogens (tertiary/aromatic N) is 2. The van der Waals surface area contributed by atoms with Crippen LogP contribution in [0, 0.1) is 0 Å². The molecule has 8 heteroatoms. The van der Waals surface area contributed by atoms with Crippen molar-refractivity contribution in [3.63, 3.8) is 0 Å². The number of anilines is 2. The number of aliphatic hydroxyl groups excluding tert-OH is 1. The lowest BCUT2D eigenvalue weighted by Gasteiger charge is -2.23. The fourth-order valence-electron chi connectivity index (χ4n) is 1.45. The molecule has 0 spiro atoms. The Morgan fingerprint density at radius 1 is 1.56 bits per heavy atom. The van der Waals surface area contributed by atoms with Crippen LogP contribution in [0.2, 0.25) is 0 Å². The summed E-state index contributed by atoms with van der Waals surface area (Å²) in [7, 11) is 0. The summed E-state index contributed by atoms with van der Waals surface area (Å²) in [4.78, 5) is 15.8. The molecule has 0 aliphatic heterocycles. The predicted molar refractivity (Wildman–Crippen MR) is 60.9 cm³/mol. The van der Waals surface area contributed by atoms with Crippen molar-refractivity contribution < 1.29 is 23.8 Å². The summed E-state index contributed by atoms with van der Waals surface area (Å²) in [5.41, 5.74) is 5.25. The van der Waals surface area contributed by atoms with Crippen molar-refractivity contribution in [3.05, 3.63) is 17.8 Å². The summed E-state index contributed by atoms with van der Waals surface area (Å²) in [6.07, 6.45) is -1.49. The Hall–Kier alpha value is -1.96. The number of hydrogen-bond acceptors (Lipinski definition) is 5. The van der Waals surface area contributed by atoms with Crippen molar-refractivity contribution in [2.75, 3.05) is 30.3 Å². The first-order chi connectivity index (χ1) is 8.45. The number of aromatic carboxylic acids is 1. The Labute approximate surface area is 102 Å². The smallest absolute Gasteiger partial charge is 0.339 e. The van der Waals surface area contributed by atoms with E-state index in [4.69, 9.17) is 15.9 Å². The Morgan fingerprint density at radius 2 is 2.22 bits per heavy atom. The quantitative estimate of drug-likeness (QED) is 0.686. The number of pyridine rings is 1. The normalized spacial score (nSPS) is 10.7. The lowest BCUT2D eigenvalue weighted by atomic mass is 10.2. The lowest BCUT2D eigenvalue weighted by molar-refractivity contribution is 0.0696. The van der Waals surface area contributed by atoms with E-state index in [0.29, 0.717) is 0 Å². The van der Waals surface area contributed by atoms with Crippen LogP contribution in [0.1, 0.15) is 10.4 Å². The van der Waals surface area contributed by atoms with E-state index in [9.17, 15) is 13.6 Å². The maximum Gasteiger partial charge on any atom is 0.339 e. The molecule has 1 aromatic heterocycles. The summed E-state index contributed by atoms with van der Waals surface area (Å²) in [5.74, 6) is -1.45. The van der Waals surface area contributed by atoms with Crippen molar-refractivity contribution in [1.82, 2.24) is 4.98 Å². The van der Waals surface area contributed by atoms with E-state index in [1.54, 1.807) is 0 Å². The first-order valence-corrected chi connectivity index (χ1v) is 5.08. The minimum atomic E-state index is -2.67. The Kier molecular flexibility index (Phi) is 4.78. The van der Waals surface area contributed by atoms with Gasteiger partial charge >= 0.3 is 5.97 Å². The van der Waals surface area contributed by atoms with Gasteiger partial charge < -0.3 is 20.8 Å². The molecular formula is C10H13F2N3O3. The van der Waals surface area contributed by atoms with Gasteiger partial charge in [0, 0.05) is 6.54 Å². The Morgan fingerprint density at radius 3 is 2.72 bits per heavy atom. The highest BCUT2D eigenvalue weighted by Gasteiger charge is 2.20. The number of nitrogens with two attached hydrogens (primary N) is 1. The SMILES string of the molecule is Nc1cnc(N(CCO)CC(F)F)c(C(=O)O)c1. The maximum atomic E-state index is 12.4. The van der Waals surface area contributed by atoms with Crippen LogP contribution < -0.4 is 10.6 Å². The third kappa shape index (κ3) is 3.52. The average Bonchev–Trinajstić information content (AvgIpc) is 2.27. The number of aromatic nitrogens is 1. The van der Waals surface area contributed by atoms with Gasteiger partial charge in [0.15, 0.2) is 0 Å². The molecule has 0 saturated heterocycles. The number of rotatable bonds is 6. The Bertz CT molecular complexity index is 429. The minimum absolute atomic E-state index is 0.122. The number of aliphatic hydroxyl groups is 1. The molecule has 0 aromatic carbocycles. The standard InChI is InChI=1S/C10H13F2N3O3/c11-8(12)5-15(1-2-16)9-7(10(17)18)3-6(13)4-14-9/h3-4,8,16H,1-2,5,13H2,(H,17,18). The molecule has 0 aliphatic carbocycles. The van der Waals surface area contributed by atoms with Crippen molar-refractivity contribution in [2.24, 2.45) is 0 Å². The van der Waals surface area contributed by atoms with Gasteiger partial charge in [0.05, 0.1) is 25.0 Å². The number of carbonyl (C=O) groups is 1. The van der Waals surface area contributed by atoms with E-state index < -0.39 is 25.5 Å². The number of halogens is 2. The van der Waals surface area contributed by atoms with Crippen LogP contribution in [-0.4, -0.2) is 47.3 Å². The number of carboxylic acids is 1. The molecule has 0 radical (unpaired) electrons. The molecule has 0 fully saturated rings. The van der Waals surface area contributed by atoms with Crippen molar-refractivity contribution in [1.29, 1.82) is 0 Å². The van der Waals surface area contributed by atoms with Gasteiger partial charge in [0.2, 0.25) is 0 Å². The molecule has 0 unspecified atom stereocenters. The van der Waals surface area contributed by atoms with Crippen molar-refractivity contribution in [2.45, 2.75) is 6.43 Å². The van der Waals surface area contributed by atoms with Crippen LogP contribution in [0.25, 0.3) is 0 Å². The molecule has 6 nitrogen and oxygen atoms in total. The van der Waals surface area contributed by atoms with Crippen LogP contribution in [0.3, 0.4) is 0 Å². The van der Waals surface area contributed by atoms with E-state index in [1.165, 1.54) is 6.20 Å². The van der Waals surface area contributed by atoms with Crippen LogP contribution in [0.4, 0.5) is 20.3 Å². The highest BCUT2D eigenvalue weighted by Crippen LogP contribution is 2.20. The highest BCUT2D eigenvalue weighted by atomic mass is 19.3. The van der Waals surface area contributed by atoms with E-state index >= 15 is 0 Å². The largest absolute Gasteiger partial charge is 0.478 e. The predicted octanol–water partition coefficient (Wildman–Crippen LogP) is 0.426. The van der Waals surface area contributed by atoms with Gasteiger partial charge in [-0.1, -0.05) is 0 Å². The van der Waals surface area contributed by atoms with E-state index in [1.807, 2.05) is 0 Å². The van der Waals surface area contributed by atoms with Gasteiger partial charge in [0.1, 0.15) is 11.4 Å². The summed E-state index contributed by atoms with van der Waals surface area (Å²) in [6, 6.07) is 1.14. The van der Waals surface area contributed by atoms with Crippen molar-refractivity contribution >= 4 is 17.5 Å². The van der Waals surface area contributed by atoms with E-state index in [2.05, 4.69) is 4.98 Å². The molecule has 0 amide bonds. The number of nitrogen functional groups attached to an aromatic ring is 1. The number of hydrogen-bond donors (Lipinski definition) is 3. The second-order valence-corrected chi connectivity index (χ2v) is 3.51. The molecule has 0 aliphatic rings. The molecular weight excluding hydrogens is 248 g/mol. The van der Waals surface area contributed by atoms with Crippen molar-refractivity contribution in [3.8, 4) is 0 Å². The van der Waals surface area contributed by atoms with Crippen LogP contribution in [-0.2, 0) is 0 Å². The fourth-order valence-corrected chi connectivity index (χ4v) is 1.45. The third-order valence-electron chi connectivity index (χ3n) is 2.15. The van der Waals surface area contributed by atoms with Gasteiger partial charge in [-0.25, -0.2) is 18.6 Å². The molecule has 1 rings (SSSR count). The summed E-state index contributed by atoms with van der Waals surface area (Å²) in [5, 5.41) is 17.8. The zero-order valence-corrected chi connectivity index (χ0v) is 9.38. The van der Waals surface area contributed by atoms with E-state index in [-0.39, 0.29) is 23.6 Å². The van der Waals surface area contributed by atoms with Gasteiger partial charge in [-0.05, 0) is 6.07 Å². The number of alkyl halides is 2. The second-order valence-electron chi connectivity index (χ2n) is 3.51. The highest BCUT2D eigenvalue weighted by molar-refractivity contribution is 5.94. The molecule has 4 N–H and O–H groups in total. The van der Waals surface area contributed by atoms with Crippen LogP contribution >= 0.6 is 0 Å². The fraction of sp³-hybridized carbons (Fsp3) is 0.400. The first-order valence-electron chi connectivity index (χ1n) is 5.08. The van der Waals surface area contributed by atoms with Crippen LogP contribution in [0.15, 0.2) is 12.3 Å². The molecule has 1 heterocycles. The molecule has 100 valence electrons. The summed E-state index contributed by atoms with van der Waals surface area (Å²) >= 11 is 0. The monoisotopic (exact) mass is 261 g/mol. The Balaban J connectivity index is 3.13. The van der Waals surface area contributed by atoms with E-state index in [0.717, 1.165) is 11.0 Å². The number of carboxylic acid groups (broad SMARTS) is 1. The molecule has 0 atom stereocenters. The van der Waals surface area contributed by atoms with Gasteiger partial charge in [-0.2, -0.15) is 0 Å². The summed E-state index contributed by atoms with van der Waals surface area (Å²) in [6.45, 7) is -1.24. The third-order valence-corrected chi connectivity index (χ3v) is 2.15. The maximum absolute atomic E-state index is 12.4. The summed E-state index contributed by atoms with van der Waals surface area (Å²) < 4.78 is 24.8. The zero-order valence-electron chi connectivity index (χ0n) is 9.38. The molecule has 18 heavy (non-hydrogen) atoms. The minimum Gasteiger partial charge on any atom is -0.478 e. The molecule has 0 bridgehead atoms. The molecule has 1 aromatic rings. The molecule has 0 saturated carbocycles. The first kappa shape index (κ1) is 14.1. The van der Waals surface area contributed by atoms with Gasteiger partial charge in [0.25, 0.3) is 6.43 Å².